The van der Waals surface area contributed by atoms with Crippen molar-refractivity contribution in [3.8, 4) is 11.8 Å². The van der Waals surface area contributed by atoms with E-state index in [1.54, 1.807) is 37.9 Å². The molecule has 0 aliphatic rings. The Morgan fingerprint density at radius 2 is 2.21 bits per heavy atom. The highest BCUT2D eigenvalue weighted by Gasteiger charge is 2.13. The zero-order valence-electron chi connectivity index (χ0n) is 10.9. The Morgan fingerprint density at radius 3 is 2.79 bits per heavy atom. The van der Waals surface area contributed by atoms with Crippen LogP contribution < -0.4 is 10.1 Å². The summed E-state index contributed by atoms with van der Waals surface area (Å²) in [5, 5.41) is 17.0. The number of anilines is 2. The molecule has 0 amide bonds. The number of methoxy groups -OCH3 is 1. The SMILES string of the molecule is COc1ccc(Nc2c(C#N)c(C)nn2C)cc1Cl. The summed E-state index contributed by atoms with van der Waals surface area (Å²) in [7, 11) is 3.34. The molecule has 5 nitrogen and oxygen atoms in total. The van der Waals surface area contributed by atoms with Crippen molar-refractivity contribution in [2.45, 2.75) is 6.92 Å². The zero-order chi connectivity index (χ0) is 14.0. The maximum Gasteiger partial charge on any atom is 0.146 e. The van der Waals surface area contributed by atoms with E-state index < -0.39 is 0 Å². The van der Waals surface area contributed by atoms with E-state index in [1.807, 2.05) is 6.07 Å². The number of nitrogens with zero attached hydrogens (tertiary/aromatic N) is 3. The molecule has 2 rings (SSSR count). The van der Waals surface area contributed by atoms with E-state index in [0.29, 0.717) is 27.8 Å². The molecule has 1 heterocycles. The first-order valence-corrected chi connectivity index (χ1v) is 5.99. The van der Waals surface area contributed by atoms with E-state index in [-0.39, 0.29) is 0 Å². The van der Waals surface area contributed by atoms with Gasteiger partial charge >= 0.3 is 0 Å². The monoisotopic (exact) mass is 276 g/mol. The molecule has 0 aliphatic carbocycles. The number of aryl methyl sites for hydroxylation is 2. The van der Waals surface area contributed by atoms with Gasteiger partial charge in [0.15, 0.2) is 0 Å². The number of hydrogen-bond acceptors (Lipinski definition) is 4. The predicted molar refractivity (Wildman–Crippen MR) is 73.9 cm³/mol. The second kappa shape index (κ2) is 5.21. The summed E-state index contributed by atoms with van der Waals surface area (Å²) in [6, 6.07) is 7.47. The van der Waals surface area contributed by atoms with Crippen LogP contribution in [-0.4, -0.2) is 16.9 Å². The van der Waals surface area contributed by atoms with Crippen molar-refractivity contribution in [2.24, 2.45) is 7.05 Å². The first kappa shape index (κ1) is 13.2. The highest BCUT2D eigenvalue weighted by Crippen LogP contribution is 2.29. The van der Waals surface area contributed by atoms with Crippen molar-refractivity contribution in [1.29, 1.82) is 5.26 Å². The topological polar surface area (TPSA) is 62.9 Å². The Bertz CT molecular complexity index is 657. The van der Waals surface area contributed by atoms with Crippen LogP contribution in [0.25, 0.3) is 0 Å². The third kappa shape index (κ3) is 2.49. The summed E-state index contributed by atoms with van der Waals surface area (Å²) < 4.78 is 6.72. The van der Waals surface area contributed by atoms with Gasteiger partial charge in [0.2, 0.25) is 0 Å². The smallest absolute Gasteiger partial charge is 0.146 e. The maximum atomic E-state index is 9.14. The number of benzene rings is 1. The fourth-order valence-corrected chi connectivity index (χ4v) is 2.07. The fraction of sp³-hybridized carbons (Fsp3) is 0.231. The molecule has 0 saturated heterocycles. The molecule has 0 aliphatic heterocycles. The second-order valence-corrected chi connectivity index (χ2v) is 4.43. The van der Waals surface area contributed by atoms with Crippen molar-refractivity contribution in [3.63, 3.8) is 0 Å². The predicted octanol–water partition coefficient (Wildman–Crippen LogP) is 3.01. The molecule has 0 radical (unpaired) electrons. The molecule has 0 unspecified atom stereocenters. The standard InChI is InChI=1S/C13H13ClN4O/c1-8-10(7-15)13(18(2)17-8)16-9-4-5-12(19-3)11(14)6-9/h4-6,16H,1-3H3. The van der Waals surface area contributed by atoms with Crippen molar-refractivity contribution < 1.29 is 4.74 Å². The van der Waals surface area contributed by atoms with Gasteiger partial charge in [0.05, 0.1) is 17.8 Å². The van der Waals surface area contributed by atoms with Gasteiger partial charge in [-0.1, -0.05) is 11.6 Å². The molecule has 2 aromatic rings. The zero-order valence-corrected chi connectivity index (χ0v) is 11.6. The van der Waals surface area contributed by atoms with Gasteiger partial charge in [-0.25, -0.2) is 0 Å². The largest absolute Gasteiger partial charge is 0.495 e. The summed E-state index contributed by atoms with van der Waals surface area (Å²) in [5.41, 5.74) is 1.98. The first-order valence-electron chi connectivity index (χ1n) is 5.61. The lowest BCUT2D eigenvalue weighted by molar-refractivity contribution is 0.415. The summed E-state index contributed by atoms with van der Waals surface area (Å²) in [6.45, 7) is 1.80. The van der Waals surface area contributed by atoms with E-state index in [2.05, 4.69) is 16.5 Å². The molecule has 1 aromatic heterocycles. The van der Waals surface area contributed by atoms with Gasteiger partial charge in [-0.2, -0.15) is 10.4 Å². The van der Waals surface area contributed by atoms with Gasteiger partial charge in [-0.15, -0.1) is 0 Å². The molecule has 0 bridgehead atoms. The fourth-order valence-electron chi connectivity index (χ4n) is 1.82. The van der Waals surface area contributed by atoms with E-state index >= 15 is 0 Å². The molecular formula is C13H13ClN4O. The molecule has 0 fully saturated rings. The second-order valence-electron chi connectivity index (χ2n) is 4.02. The molecule has 1 aromatic carbocycles. The highest BCUT2D eigenvalue weighted by molar-refractivity contribution is 6.32. The van der Waals surface area contributed by atoms with E-state index in [1.165, 1.54) is 0 Å². The number of ether oxygens (including phenoxy) is 1. The summed E-state index contributed by atoms with van der Waals surface area (Å²) in [4.78, 5) is 0. The van der Waals surface area contributed by atoms with Crippen LogP contribution in [0.15, 0.2) is 18.2 Å². The minimum absolute atomic E-state index is 0.505. The number of nitrogens with one attached hydrogen (secondary N) is 1. The molecule has 98 valence electrons. The van der Waals surface area contributed by atoms with Crippen LogP contribution in [0.4, 0.5) is 11.5 Å². The van der Waals surface area contributed by atoms with Gasteiger partial charge in [-0.05, 0) is 25.1 Å². The van der Waals surface area contributed by atoms with Crippen molar-refractivity contribution in [3.05, 3.63) is 34.5 Å². The number of hydrogen-bond donors (Lipinski definition) is 1. The number of nitriles is 1. The summed E-state index contributed by atoms with van der Waals surface area (Å²) in [6.07, 6.45) is 0. The Labute approximate surface area is 116 Å². The Kier molecular flexibility index (Phi) is 3.63. The van der Waals surface area contributed by atoms with E-state index in [9.17, 15) is 0 Å². The van der Waals surface area contributed by atoms with Crippen LogP contribution >= 0.6 is 11.6 Å². The van der Waals surface area contributed by atoms with Crippen LogP contribution in [-0.2, 0) is 7.05 Å². The third-order valence-corrected chi connectivity index (χ3v) is 3.04. The van der Waals surface area contributed by atoms with Crippen LogP contribution in [0.1, 0.15) is 11.3 Å². The maximum absolute atomic E-state index is 9.14. The summed E-state index contributed by atoms with van der Waals surface area (Å²) in [5.74, 6) is 1.25. The molecule has 1 N–H and O–H groups in total. The van der Waals surface area contributed by atoms with Gasteiger partial charge in [0.1, 0.15) is 23.2 Å². The minimum Gasteiger partial charge on any atom is -0.495 e. The molecular weight excluding hydrogens is 264 g/mol. The van der Waals surface area contributed by atoms with Crippen LogP contribution in [0.5, 0.6) is 5.75 Å². The Morgan fingerprint density at radius 1 is 1.47 bits per heavy atom. The lowest BCUT2D eigenvalue weighted by Gasteiger charge is -2.09. The number of rotatable bonds is 3. The lowest BCUT2D eigenvalue weighted by atomic mass is 10.2. The minimum atomic E-state index is 0.505. The molecule has 0 saturated carbocycles. The third-order valence-electron chi connectivity index (χ3n) is 2.75. The number of aromatic nitrogens is 2. The normalized spacial score (nSPS) is 10.1. The van der Waals surface area contributed by atoms with Crippen LogP contribution in [0.2, 0.25) is 5.02 Å². The molecule has 0 spiro atoms. The van der Waals surface area contributed by atoms with Crippen molar-refractivity contribution in [1.82, 2.24) is 9.78 Å². The molecule has 19 heavy (non-hydrogen) atoms. The first-order chi connectivity index (χ1) is 9.06. The highest BCUT2D eigenvalue weighted by atomic mass is 35.5. The Hall–Kier alpha value is -2.19. The average molecular weight is 277 g/mol. The molecule has 6 heteroatoms. The lowest BCUT2D eigenvalue weighted by Crippen LogP contribution is -2.00. The summed E-state index contributed by atoms with van der Waals surface area (Å²) >= 11 is 6.06. The van der Waals surface area contributed by atoms with Gasteiger partial charge < -0.3 is 10.1 Å². The number of halogens is 1. The van der Waals surface area contributed by atoms with E-state index in [0.717, 1.165) is 5.69 Å². The van der Waals surface area contributed by atoms with Gasteiger partial charge in [0.25, 0.3) is 0 Å². The van der Waals surface area contributed by atoms with Crippen LogP contribution in [0.3, 0.4) is 0 Å². The quantitative estimate of drug-likeness (QED) is 0.936. The van der Waals surface area contributed by atoms with Gasteiger partial charge in [-0.3, -0.25) is 4.68 Å². The molecule has 0 atom stereocenters. The average Bonchev–Trinajstić information content (AvgIpc) is 2.64. The Balaban J connectivity index is 2.37. The van der Waals surface area contributed by atoms with E-state index in [4.69, 9.17) is 21.6 Å². The van der Waals surface area contributed by atoms with Crippen molar-refractivity contribution >= 4 is 23.1 Å². The van der Waals surface area contributed by atoms with Crippen molar-refractivity contribution in [2.75, 3.05) is 12.4 Å². The van der Waals surface area contributed by atoms with Gasteiger partial charge in [0, 0.05) is 12.7 Å². The van der Waals surface area contributed by atoms with Crippen LogP contribution in [0, 0.1) is 18.3 Å².